The molecule has 1 heteroatoms. The molecule has 0 aliphatic heterocycles. The van der Waals surface area contributed by atoms with Gasteiger partial charge in [0.1, 0.15) is 0 Å². The first-order valence-corrected chi connectivity index (χ1v) is 6.36. The first-order valence-electron chi connectivity index (χ1n) is 6.36. The molecule has 1 aromatic carbocycles. The Balaban J connectivity index is 2.24. The Labute approximate surface area is 103 Å². The summed E-state index contributed by atoms with van der Waals surface area (Å²) < 4.78 is 0. The van der Waals surface area contributed by atoms with Crippen LogP contribution in [0.25, 0.3) is 5.57 Å². The van der Waals surface area contributed by atoms with Gasteiger partial charge < -0.3 is 5.41 Å². The summed E-state index contributed by atoms with van der Waals surface area (Å²) in [4.78, 5) is 0. The second-order valence-electron chi connectivity index (χ2n) is 4.45. The van der Waals surface area contributed by atoms with Crippen molar-refractivity contribution < 1.29 is 0 Å². The van der Waals surface area contributed by atoms with Crippen LogP contribution >= 0.6 is 0 Å². The average Bonchev–Trinajstić information content (AvgIpc) is 2.89. The molecule has 0 aromatic heterocycles. The van der Waals surface area contributed by atoms with Crippen LogP contribution in [0.2, 0.25) is 0 Å². The van der Waals surface area contributed by atoms with E-state index < -0.39 is 0 Å². The van der Waals surface area contributed by atoms with Crippen molar-refractivity contribution in [2.75, 3.05) is 0 Å². The third-order valence-corrected chi connectivity index (χ3v) is 3.15. The van der Waals surface area contributed by atoms with Crippen LogP contribution in [0, 0.1) is 5.41 Å². The topological polar surface area (TPSA) is 23.9 Å². The lowest BCUT2D eigenvalue weighted by atomic mass is 9.94. The summed E-state index contributed by atoms with van der Waals surface area (Å²) in [5, 5.41) is 8.19. The number of nitrogens with one attached hydrogen (secondary N) is 1. The van der Waals surface area contributed by atoms with Crippen molar-refractivity contribution in [2.24, 2.45) is 0 Å². The van der Waals surface area contributed by atoms with E-state index in [0.717, 1.165) is 37.0 Å². The second kappa shape index (κ2) is 5.62. The molecule has 0 amide bonds. The maximum atomic E-state index is 8.19. The first-order chi connectivity index (χ1) is 8.33. The van der Waals surface area contributed by atoms with Crippen LogP contribution in [0.4, 0.5) is 0 Å². The monoisotopic (exact) mass is 225 g/mol. The predicted octanol–water partition coefficient (Wildman–Crippen LogP) is 4.59. The highest BCUT2D eigenvalue weighted by atomic mass is 14.4. The molecule has 2 rings (SSSR count). The largest absolute Gasteiger partial charge is 0.305 e. The average molecular weight is 225 g/mol. The van der Waals surface area contributed by atoms with Crippen LogP contribution in [0.3, 0.4) is 0 Å². The van der Waals surface area contributed by atoms with Gasteiger partial charge in [0.05, 0.1) is 0 Å². The van der Waals surface area contributed by atoms with Crippen LogP contribution in [-0.4, -0.2) is 5.71 Å². The first kappa shape index (κ1) is 11.8. The molecule has 88 valence electrons. The molecule has 17 heavy (non-hydrogen) atoms. The Bertz CT molecular complexity index is 466. The molecule has 1 nitrogen and oxygen atoms in total. The molecule has 0 saturated carbocycles. The van der Waals surface area contributed by atoms with Gasteiger partial charge in [-0.1, -0.05) is 55.8 Å². The molecule has 0 fully saturated rings. The summed E-state index contributed by atoms with van der Waals surface area (Å²) in [6.45, 7) is 2.17. The van der Waals surface area contributed by atoms with Crippen molar-refractivity contribution in [3.05, 3.63) is 53.6 Å². The van der Waals surface area contributed by atoms with E-state index >= 15 is 0 Å². The van der Waals surface area contributed by atoms with E-state index in [1.807, 2.05) is 6.07 Å². The Morgan fingerprint density at radius 2 is 2.12 bits per heavy atom. The van der Waals surface area contributed by atoms with Gasteiger partial charge in [-0.3, -0.25) is 0 Å². The molecule has 0 heterocycles. The molecule has 0 spiro atoms. The van der Waals surface area contributed by atoms with E-state index in [1.165, 1.54) is 11.1 Å². The van der Waals surface area contributed by atoms with Gasteiger partial charge in [-0.15, -0.1) is 0 Å². The van der Waals surface area contributed by atoms with Gasteiger partial charge in [0.15, 0.2) is 0 Å². The SMILES string of the molecule is CCCCC(=N)c1ccccc1C1=CC=CC1. The van der Waals surface area contributed by atoms with Gasteiger partial charge in [-0.2, -0.15) is 0 Å². The Hall–Kier alpha value is -1.63. The van der Waals surface area contributed by atoms with Crippen molar-refractivity contribution in [3.63, 3.8) is 0 Å². The van der Waals surface area contributed by atoms with Crippen LogP contribution in [0.15, 0.2) is 42.5 Å². The third kappa shape index (κ3) is 2.73. The lowest BCUT2D eigenvalue weighted by molar-refractivity contribution is 0.833. The molecule has 1 aromatic rings. The zero-order chi connectivity index (χ0) is 12.1. The molecule has 1 N–H and O–H groups in total. The number of unbranched alkanes of at least 4 members (excludes halogenated alkanes) is 1. The molecular formula is C16H19N. The van der Waals surface area contributed by atoms with E-state index in [-0.39, 0.29) is 0 Å². The molecule has 0 bridgehead atoms. The van der Waals surface area contributed by atoms with E-state index in [4.69, 9.17) is 5.41 Å². The highest BCUT2D eigenvalue weighted by Crippen LogP contribution is 2.27. The lowest BCUT2D eigenvalue weighted by Crippen LogP contribution is -2.03. The minimum absolute atomic E-state index is 0.773. The van der Waals surface area contributed by atoms with Crippen LogP contribution in [0.5, 0.6) is 0 Å². The highest BCUT2D eigenvalue weighted by Gasteiger charge is 2.11. The van der Waals surface area contributed by atoms with E-state index in [0.29, 0.717) is 0 Å². The fraction of sp³-hybridized carbons (Fsp3) is 0.312. The minimum atomic E-state index is 0.773. The summed E-state index contributed by atoms with van der Waals surface area (Å²) in [5.41, 5.74) is 4.45. The number of hydrogen-bond donors (Lipinski definition) is 1. The number of benzene rings is 1. The van der Waals surface area contributed by atoms with Crippen LogP contribution < -0.4 is 0 Å². The quantitative estimate of drug-likeness (QED) is 0.709. The van der Waals surface area contributed by atoms with Gasteiger partial charge >= 0.3 is 0 Å². The molecular weight excluding hydrogens is 206 g/mol. The normalized spacial score (nSPS) is 13.8. The van der Waals surface area contributed by atoms with Crippen molar-refractivity contribution >= 4 is 11.3 Å². The molecule has 0 atom stereocenters. The molecule has 1 aliphatic carbocycles. The Morgan fingerprint density at radius 1 is 1.29 bits per heavy atom. The molecule has 0 radical (unpaired) electrons. The van der Waals surface area contributed by atoms with E-state index in [2.05, 4.69) is 43.4 Å². The fourth-order valence-electron chi connectivity index (χ4n) is 2.16. The van der Waals surface area contributed by atoms with Crippen molar-refractivity contribution in [2.45, 2.75) is 32.6 Å². The maximum Gasteiger partial charge on any atom is 0.0392 e. The lowest BCUT2D eigenvalue weighted by Gasteiger charge is -2.11. The fourth-order valence-corrected chi connectivity index (χ4v) is 2.16. The molecule has 1 aliphatic rings. The van der Waals surface area contributed by atoms with Gasteiger partial charge in [0, 0.05) is 11.3 Å². The van der Waals surface area contributed by atoms with Gasteiger partial charge in [-0.25, -0.2) is 0 Å². The summed E-state index contributed by atoms with van der Waals surface area (Å²) in [5.74, 6) is 0. The van der Waals surface area contributed by atoms with Gasteiger partial charge in [0.2, 0.25) is 0 Å². The molecule has 0 unspecified atom stereocenters. The van der Waals surface area contributed by atoms with Crippen molar-refractivity contribution in [1.29, 1.82) is 5.41 Å². The van der Waals surface area contributed by atoms with E-state index in [1.54, 1.807) is 0 Å². The number of hydrogen-bond acceptors (Lipinski definition) is 1. The van der Waals surface area contributed by atoms with Gasteiger partial charge in [-0.05, 0) is 30.4 Å². The smallest absolute Gasteiger partial charge is 0.0392 e. The standard InChI is InChI=1S/C16H19N/c1-2-3-12-16(17)15-11-7-6-10-14(15)13-8-4-5-9-13/h4-8,10-11,17H,2-3,9,12H2,1H3. The predicted molar refractivity (Wildman–Crippen MR) is 74.5 cm³/mol. The maximum absolute atomic E-state index is 8.19. The van der Waals surface area contributed by atoms with Gasteiger partial charge in [0.25, 0.3) is 0 Å². The van der Waals surface area contributed by atoms with Crippen molar-refractivity contribution in [3.8, 4) is 0 Å². The minimum Gasteiger partial charge on any atom is -0.305 e. The van der Waals surface area contributed by atoms with E-state index in [9.17, 15) is 0 Å². The van der Waals surface area contributed by atoms with Crippen LogP contribution in [0.1, 0.15) is 43.7 Å². The van der Waals surface area contributed by atoms with Crippen LogP contribution in [-0.2, 0) is 0 Å². The Morgan fingerprint density at radius 3 is 2.82 bits per heavy atom. The summed E-state index contributed by atoms with van der Waals surface area (Å²) in [7, 11) is 0. The second-order valence-corrected chi connectivity index (χ2v) is 4.45. The summed E-state index contributed by atoms with van der Waals surface area (Å²) in [6, 6.07) is 8.30. The van der Waals surface area contributed by atoms with Crippen molar-refractivity contribution in [1.82, 2.24) is 0 Å². The number of rotatable bonds is 5. The Kier molecular flexibility index (Phi) is 3.92. The zero-order valence-corrected chi connectivity index (χ0v) is 10.4. The zero-order valence-electron chi connectivity index (χ0n) is 10.4. The number of allylic oxidation sites excluding steroid dienone is 4. The summed E-state index contributed by atoms with van der Waals surface area (Å²) >= 11 is 0. The summed E-state index contributed by atoms with van der Waals surface area (Å²) in [6.07, 6.45) is 10.6. The third-order valence-electron chi connectivity index (χ3n) is 3.15. The highest BCUT2D eigenvalue weighted by molar-refractivity contribution is 6.02. The molecule has 0 saturated heterocycles.